The smallest absolute Gasteiger partial charge is 0.0589 e. The molecule has 3 nitrogen and oxygen atoms in total. The number of likely N-dealkylation sites (tertiary alicyclic amines) is 2. The molecule has 0 amide bonds. The summed E-state index contributed by atoms with van der Waals surface area (Å²) in [7, 11) is 1.79. The van der Waals surface area contributed by atoms with Gasteiger partial charge in [-0.05, 0) is 27.2 Å². The molecule has 2 saturated heterocycles. The summed E-state index contributed by atoms with van der Waals surface area (Å²) in [6.45, 7) is 12.7. The summed E-state index contributed by atoms with van der Waals surface area (Å²) in [5.74, 6) is 0. The van der Waals surface area contributed by atoms with E-state index in [-0.39, 0.29) is 0 Å². The maximum absolute atomic E-state index is 5.15. The fourth-order valence-corrected chi connectivity index (χ4v) is 2.63. The van der Waals surface area contributed by atoms with Gasteiger partial charge in [0.2, 0.25) is 0 Å². The minimum atomic E-state index is 0.341. The highest BCUT2D eigenvalue weighted by molar-refractivity contribution is 5.12. The van der Waals surface area contributed by atoms with E-state index in [4.69, 9.17) is 4.74 Å². The van der Waals surface area contributed by atoms with Crippen molar-refractivity contribution in [3.05, 3.63) is 0 Å². The number of nitrogens with zero attached hydrogens (tertiary/aromatic N) is 2. The Labute approximate surface area is 93.4 Å². The standard InChI is InChI=1S/C12H24N2O/c1-11(2,3)14-9-12(10-14)5-6-13(12)7-8-15-4/h5-10H2,1-4H3. The topological polar surface area (TPSA) is 15.7 Å². The second-order valence-electron chi connectivity index (χ2n) is 5.98. The zero-order chi connectivity index (χ0) is 11.1. The van der Waals surface area contributed by atoms with Gasteiger partial charge in [-0.2, -0.15) is 0 Å². The second-order valence-corrected chi connectivity index (χ2v) is 5.98. The van der Waals surface area contributed by atoms with Crippen molar-refractivity contribution >= 4 is 0 Å². The van der Waals surface area contributed by atoms with Crippen LogP contribution in [0.25, 0.3) is 0 Å². The molecule has 0 radical (unpaired) electrons. The molecule has 0 saturated carbocycles. The highest BCUT2D eigenvalue weighted by Gasteiger charge is 2.54. The van der Waals surface area contributed by atoms with Gasteiger partial charge in [0.05, 0.1) is 6.61 Å². The van der Waals surface area contributed by atoms with E-state index < -0.39 is 0 Å². The normalized spacial score (nSPS) is 26.4. The molecule has 0 unspecified atom stereocenters. The van der Waals surface area contributed by atoms with E-state index in [2.05, 4.69) is 30.6 Å². The lowest BCUT2D eigenvalue weighted by molar-refractivity contribution is -0.153. The van der Waals surface area contributed by atoms with Crippen LogP contribution >= 0.6 is 0 Å². The molecule has 0 aromatic carbocycles. The van der Waals surface area contributed by atoms with Crippen molar-refractivity contribution in [2.24, 2.45) is 0 Å². The van der Waals surface area contributed by atoms with E-state index in [0.29, 0.717) is 11.1 Å². The average Bonchev–Trinajstić information content (AvgIpc) is 1.97. The third-order valence-electron chi connectivity index (χ3n) is 4.00. The van der Waals surface area contributed by atoms with Crippen LogP contribution < -0.4 is 0 Å². The van der Waals surface area contributed by atoms with Crippen molar-refractivity contribution in [1.82, 2.24) is 9.80 Å². The molecule has 15 heavy (non-hydrogen) atoms. The number of methoxy groups -OCH3 is 1. The first kappa shape index (κ1) is 11.4. The summed E-state index contributed by atoms with van der Waals surface area (Å²) < 4.78 is 5.15. The Kier molecular flexibility index (Phi) is 2.82. The molecule has 1 spiro atoms. The summed E-state index contributed by atoms with van der Waals surface area (Å²) in [5, 5.41) is 0. The minimum Gasteiger partial charge on any atom is -0.383 e. The fraction of sp³-hybridized carbons (Fsp3) is 1.00. The first-order valence-electron chi connectivity index (χ1n) is 5.97. The number of ether oxygens (including phenoxy) is 1. The van der Waals surface area contributed by atoms with Crippen molar-refractivity contribution in [3.8, 4) is 0 Å². The molecule has 0 aromatic rings. The molecule has 0 N–H and O–H groups in total. The summed E-state index contributed by atoms with van der Waals surface area (Å²) in [5.41, 5.74) is 0.861. The first-order chi connectivity index (χ1) is 6.98. The molecule has 3 heteroatoms. The van der Waals surface area contributed by atoms with E-state index in [1.807, 2.05) is 0 Å². The Morgan fingerprint density at radius 1 is 1.27 bits per heavy atom. The van der Waals surface area contributed by atoms with Gasteiger partial charge < -0.3 is 4.74 Å². The summed E-state index contributed by atoms with van der Waals surface area (Å²) in [6.07, 6.45) is 1.38. The third kappa shape index (κ3) is 1.93. The Hall–Kier alpha value is -0.120. The van der Waals surface area contributed by atoms with E-state index in [1.165, 1.54) is 26.1 Å². The molecule has 2 fully saturated rings. The van der Waals surface area contributed by atoms with Gasteiger partial charge in [-0.15, -0.1) is 0 Å². The number of hydrogen-bond donors (Lipinski definition) is 0. The predicted octanol–water partition coefficient (Wildman–Crippen LogP) is 1.19. The van der Waals surface area contributed by atoms with Crippen LogP contribution in [0.4, 0.5) is 0 Å². The van der Waals surface area contributed by atoms with Crippen LogP contribution in [-0.4, -0.2) is 60.8 Å². The van der Waals surface area contributed by atoms with Crippen LogP contribution in [0, 0.1) is 0 Å². The Balaban J connectivity index is 1.81. The fourth-order valence-electron chi connectivity index (χ4n) is 2.63. The maximum atomic E-state index is 5.15. The molecule has 0 aromatic heterocycles. The van der Waals surface area contributed by atoms with Gasteiger partial charge in [0, 0.05) is 44.4 Å². The van der Waals surface area contributed by atoms with Crippen molar-refractivity contribution in [3.63, 3.8) is 0 Å². The second kappa shape index (κ2) is 3.72. The van der Waals surface area contributed by atoms with Crippen LogP contribution in [0.5, 0.6) is 0 Å². The van der Waals surface area contributed by atoms with Gasteiger partial charge in [-0.1, -0.05) is 0 Å². The zero-order valence-electron chi connectivity index (χ0n) is 10.5. The van der Waals surface area contributed by atoms with Crippen molar-refractivity contribution < 1.29 is 4.74 Å². The van der Waals surface area contributed by atoms with Crippen LogP contribution in [-0.2, 0) is 4.74 Å². The van der Waals surface area contributed by atoms with Gasteiger partial charge in [-0.3, -0.25) is 9.80 Å². The van der Waals surface area contributed by atoms with E-state index >= 15 is 0 Å². The largest absolute Gasteiger partial charge is 0.383 e. The summed E-state index contributed by atoms with van der Waals surface area (Å²) in [6, 6.07) is 0. The monoisotopic (exact) mass is 212 g/mol. The first-order valence-corrected chi connectivity index (χ1v) is 5.97. The Bertz CT molecular complexity index is 228. The predicted molar refractivity (Wildman–Crippen MR) is 62.1 cm³/mol. The Morgan fingerprint density at radius 3 is 2.33 bits per heavy atom. The molecular weight excluding hydrogens is 188 g/mol. The van der Waals surface area contributed by atoms with E-state index in [1.54, 1.807) is 7.11 Å². The highest BCUT2D eigenvalue weighted by Crippen LogP contribution is 2.41. The molecule has 0 bridgehead atoms. The molecule has 88 valence electrons. The lowest BCUT2D eigenvalue weighted by Gasteiger charge is -2.65. The van der Waals surface area contributed by atoms with Gasteiger partial charge >= 0.3 is 0 Å². The van der Waals surface area contributed by atoms with Crippen LogP contribution in [0.15, 0.2) is 0 Å². The number of hydrogen-bond acceptors (Lipinski definition) is 3. The molecule has 0 aliphatic carbocycles. The van der Waals surface area contributed by atoms with E-state index in [0.717, 1.165) is 13.2 Å². The van der Waals surface area contributed by atoms with Gasteiger partial charge in [-0.25, -0.2) is 0 Å². The molecule has 0 atom stereocenters. The lowest BCUT2D eigenvalue weighted by Crippen LogP contribution is -2.79. The maximum Gasteiger partial charge on any atom is 0.0589 e. The zero-order valence-corrected chi connectivity index (χ0v) is 10.5. The molecule has 2 aliphatic heterocycles. The lowest BCUT2D eigenvalue weighted by atomic mass is 9.75. The Morgan fingerprint density at radius 2 is 1.93 bits per heavy atom. The van der Waals surface area contributed by atoms with Gasteiger partial charge in [0.15, 0.2) is 0 Å². The third-order valence-corrected chi connectivity index (χ3v) is 4.00. The highest BCUT2D eigenvalue weighted by atomic mass is 16.5. The van der Waals surface area contributed by atoms with E-state index in [9.17, 15) is 0 Å². The molecule has 2 rings (SSSR count). The average molecular weight is 212 g/mol. The van der Waals surface area contributed by atoms with Crippen molar-refractivity contribution in [1.29, 1.82) is 0 Å². The quantitative estimate of drug-likeness (QED) is 0.699. The molecule has 2 aliphatic rings. The van der Waals surface area contributed by atoms with Crippen LogP contribution in [0.3, 0.4) is 0 Å². The number of rotatable bonds is 3. The summed E-state index contributed by atoms with van der Waals surface area (Å²) in [4.78, 5) is 5.17. The molecular formula is C12H24N2O. The van der Waals surface area contributed by atoms with Crippen LogP contribution in [0.1, 0.15) is 27.2 Å². The van der Waals surface area contributed by atoms with Crippen molar-refractivity contribution in [2.45, 2.75) is 38.3 Å². The minimum absolute atomic E-state index is 0.341. The van der Waals surface area contributed by atoms with Gasteiger partial charge in [0.25, 0.3) is 0 Å². The van der Waals surface area contributed by atoms with Crippen LogP contribution in [0.2, 0.25) is 0 Å². The molecule has 2 heterocycles. The van der Waals surface area contributed by atoms with Gasteiger partial charge in [0.1, 0.15) is 0 Å². The SMILES string of the molecule is COCCN1CCC12CN(C(C)(C)C)C2. The summed E-state index contributed by atoms with van der Waals surface area (Å²) >= 11 is 0. The van der Waals surface area contributed by atoms with Crippen molar-refractivity contribution in [2.75, 3.05) is 39.9 Å².